The molecule has 2 N–H and O–H groups in total. The van der Waals surface area contributed by atoms with Gasteiger partial charge < -0.3 is 15.4 Å². The second-order valence-electron chi connectivity index (χ2n) is 8.70. The van der Waals surface area contributed by atoms with Crippen molar-refractivity contribution in [3.8, 4) is 5.75 Å². The summed E-state index contributed by atoms with van der Waals surface area (Å²) in [5, 5.41) is 5.63. The minimum Gasteiger partial charge on any atom is -0.497 e. The molecule has 1 atom stereocenters. The van der Waals surface area contributed by atoms with E-state index in [0.717, 1.165) is 5.56 Å². The van der Waals surface area contributed by atoms with Crippen LogP contribution in [0.1, 0.15) is 43.9 Å². The monoisotopic (exact) mass is 488 g/mol. The van der Waals surface area contributed by atoms with Gasteiger partial charge in [0.2, 0.25) is 17.7 Å². The highest BCUT2D eigenvalue weighted by Gasteiger charge is 2.33. The molecule has 1 unspecified atom stereocenters. The minimum atomic E-state index is -0.923. The van der Waals surface area contributed by atoms with Gasteiger partial charge in [0.1, 0.15) is 17.6 Å². The molecule has 188 valence electrons. The normalized spacial score (nSPS) is 11.5. The molecule has 3 rings (SSSR count). The Balaban J connectivity index is 1.93. The Morgan fingerprint density at radius 2 is 1.64 bits per heavy atom. The second-order valence-corrected chi connectivity index (χ2v) is 8.70. The quantitative estimate of drug-likeness (QED) is 0.440. The molecule has 2 aromatic carbocycles. The molecule has 1 heterocycles. The maximum Gasteiger partial charge on any atom is 0.248 e. The van der Waals surface area contributed by atoms with Crippen LogP contribution in [0.4, 0.5) is 11.5 Å². The Labute approximate surface area is 211 Å². The summed E-state index contributed by atoms with van der Waals surface area (Å²) in [6, 6.07) is 18.6. The number of aryl methyl sites for hydroxylation is 1. The molecule has 0 bridgehead atoms. The molecule has 36 heavy (non-hydrogen) atoms. The molecule has 0 spiro atoms. The number of benzene rings is 2. The van der Waals surface area contributed by atoms with E-state index in [1.165, 1.54) is 4.90 Å². The lowest BCUT2D eigenvalue weighted by atomic mass is 10.0. The average Bonchev–Trinajstić information content (AvgIpc) is 2.87. The van der Waals surface area contributed by atoms with Crippen molar-refractivity contribution in [2.45, 2.75) is 45.7 Å². The highest BCUT2D eigenvalue weighted by molar-refractivity contribution is 6.03. The fourth-order valence-corrected chi connectivity index (χ4v) is 3.69. The lowest BCUT2D eigenvalue weighted by Gasteiger charge is -2.32. The molecule has 0 aliphatic carbocycles. The van der Waals surface area contributed by atoms with Crippen molar-refractivity contribution in [1.82, 2.24) is 10.3 Å². The Morgan fingerprint density at radius 1 is 0.944 bits per heavy atom. The minimum absolute atomic E-state index is 0.0610. The number of ether oxygens (including phenoxy) is 1. The molecular formula is C28H32N4O4. The fourth-order valence-electron chi connectivity index (χ4n) is 3.69. The zero-order valence-corrected chi connectivity index (χ0v) is 21.0. The van der Waals surface area contributed by atoms with Crippen LogP contribution in [0.5, 0.6) is 5.75 Å². The lowest BCUT2D eigenvalue weighted by molar-refractivity contribution is -0.127. The van der Waals surface area contributed by atoms with E-state index in [0.29, 0.717) is 22.8 Å². The standard InChI is InChI=1S/C28H32N4O4/c1-19(2)30-28(35)27(21-10-8-20(3)9-11-21)32(22-12-14-23(36-4)15-13-22)26(34)17-16-25(33)31-24-7-5-6-18-29-24/h5-15,18-19,27H,16-17H2,1-4H3,(H,30,35)(H,29,31,33). The first-order valence-electron chi connectivity index (χ1n) is 11.8. The average molecular weight is 489 g/mol. The Bertz CT molecular complexity index is 1160. The van der Waals surface area contributed by atoms with Crippen LogP contribution in [0.2, 0.25) is 0 Å². The number of anilines is 2. The maximum absolute atomic E-state index is 13.6. The summed E-state index contributed by atoms with van der Waals surface area (Å²) in [4.78, 5) is 45.1. The smallest absolute Gasteiger partial charge is 0.248 e. The number of hydrogen-bond acceptors (Lipinski definition) is 5. The number of hydrogen-bond donors (Lipinski definition) is 2. The van der Waals surface area contributed by atoms with Crippen LogP contribution < -0.4 is 20.3 Å². The van der Waals surface area contributed by atoms with Gasteiger partial charge in [-0.15, -0.1) is 0 Å². The van der Waals surface area contributed by atoms with Crippen LogP contribution in [0.3, 0.4) is 0 Å². The maximum atomic E-state index is 13.6. The summed E-state index contributed by atoms with van der Waals surface area (Å²) in [5.41, 5.74) is 2.23. The number of carbonyl (C=O) groups is 3. The zero-order valence-electron chi connectivity index (χ0n) is 21.0. The van der Waals surface area contributed by atoms with Crippen LogP contribution in [0, 0.1) is 6.92 Å². The van der Waals surface area contributed by atoms with Gasteiger partial charge in [0.05, 0.1) is 7.11 Å². The van der Waals surface area contributed by atoms with Crippen LogP contribution in [-0.4, -0.2) is 35.9 Å². The highest BCUT2D eigenvalue weighted by Crippen LogP contribution is 2.31. The van der Waals surface area contributed by atoms with Gasteiger partial charge in [0, 0.05) is 30.8 Å². The molecule has 3 aromatic rings. The van der Waals surface area contributed by atoms with Crippen LogP contribution in [-0.2, 0) is 14.4 Å². The number of methoxy groups -OCH3 is 1. The van der Waals surface area contributed by atoms with E-state index in [1.54, 1.807) is 55.8 Å². The summed E-state index contributed by atoms with van der Waals surface area (Å²) in [7, 11) is 1.56. The van der Waals surface area contributed by atoms with Crippen molar-refractivity contribution < 1.29 is 19.1 Å². The molecule has 8 heteroatoms. The highest BCUT2D eigenvalue weighted by atomic mass is 16.5. The SMILES string of the molecule is COc1ccc(N(C(=O)CCC(=O)Nc2ccccn2)C(C(=O)NC(C)C)c2ccc(C)cc2)cc1. The molecule has 0 saturated carbocycles. The number of amides is 3. The summed E-state index contributed by atoms with van der Waals surface area (Å²) in [6.45, 7) is 5.69. The first-order valence-corrected chi connectivity index (χ1v) is 11.8. The van der Waals surface area contributed by atoms with Crippen molar-refractivity contribution >= 4 is 29.2 Å². The molecule has 0 saturated heterocycles. The van der Waals surface area contributed by atoms with Crippen molar-refractivity contribution in [2.75, 3.05) is 17.3 Å². The van der Waals surface area contributed by atoms with E-state index in [9.17, 15) is 14.4 Å². The van der Waals surface area contributed by atoms with Gasteiger partial charge in [0.25, 0.3) is 0 Å². The van der Waals surface area contributed by atoms with E-state index in [2.05, 4.69) is 15.6 Å². The van der Waals surface area contributed by atoms with Gasteiger partial charge in [0.15, 0.2) is 0 Å². The topological polar surface area (TPSA) is 101 Å². The van der Waals surface area contributed by atoms with Gasteiger partial charge in [-0.05, 0) is 62.7 Å². The third-order valence-electron chi connectivity index (χ3n) is 5.45. The third-order valence-corrected chi connectivity index (χ3v) is 5.45. The second kappa shape index (κ2) is 12.5. The molecule has 0 fully saturated rings. The van der Waals surface area contributed by atoms with E-state index in [1.807, 2.05) is 45.0 Å². The third kappa shape index (κ3) is 7.15. The Kier molecular flexibility index (Phi) is 9.16. The molecule has 0 aliphatic heterocycles. The van der Waals surface area contributed by atoms with Gasteiger partial charge in [-0.1, -0.05) is 35.9 Å². The van der Waals surface area contributed by atoms with Crippen LogP contribution in [0.15, 0.2) is 72.9 Å². The van der Waals surface area contributed by atoms with Gasteiger partial charge in [-0.2, -0.15) is 0 Å². The van der Waals surface area contributed by atoms with Crippen LogP contribution in [0.25, 0.3) is 0 Å². The van der Waals surface area contributed by atoms with Gasteiger partial charge in [-0.25, -0.2) is 4.98 Å². The van der Waals surface area contributed by atoms with E-state index >= 15 is 0 Å². The number of carbonyl (C=O) groups excluding carboxylic acids is 3. The Hall–Kier alpha value is -4.20. The lowest BCUT2D eigenvalue weighted by Crippen LogP contribution is -2.46. The molecule has 8 nitrogen and oxygen atoms in total. The van der Waals surface area contributed by atoms with Crippen molar-refractivity contribution in [1.29, 1.82) is 0 Å². The Morgan fingerprint density at radius 3 is 2.22 bits per heavy atom. The molecule has 0 radical (unpaired) electrons. The van der Waals surface area contributed by atoms with Gasteiger partial charge >= 0.3 is 0 Å². The molecule has 0 aliphatic rings. The molecule has 3 amide bonds. The fraction of sp³-hybridized carbons (Fsp3) is 0.286. The summed E-state index contributed by atoms with van der Waals surface area (Å²) >= 11 is 0. The number of rotatable bonds is 10. The first-order chi connectivity index (χ1) is 17.3. The van der Waals surface area contributed by atoms with E-state index in [4.69, 9.17) is 4.74 Å². The number of aromatic nitrogens is 1. The van der Waals surface area contributed by atoms with Crippen molar-refractivity contribution in [2.24, 2.45) is 0 Å². The summed E-state index contributed by atoms with van der Waals surface area (Å²) < 4.78 is 5.26. The largest absolute Gasteiger partial charge is 0.497 e. The van der Waals surface area contributed by atoms with E-state index in [-0.39, 0.29) is 36.6 Å². The zero-order chi connectivity index (χ0) is 26.1. The number of pyridine rings is 1. The number of nitrogens with one attached hydrogen (secondary N) is 2. The summed E-state index contributed by atoms with van der Waals surface area (Å²) in [5.74, 6) is 0.0298. The molecular weight excluding hydrogens is 456 g/mol. The number of nitrogens with zero attached hydrogens (tertiary/aromatic N) is 2. The van der Waals surface area contributed by atoms with Crippen molar-refractivity contribution in [3.05, 3.63) is 84.1 Å². The first kappa shape index (κ1) is 26.4. The molecule has 1 aromatic heterocycles. The predicted octanol–water partition coefficient (Wildman–Crippen LogP) is 4.42. The van der Waals surface area contributed by atoms with Gasteiger partial charge in [-0.3, -0.25) is 19.3 Å². The van der Waals surface area contributed by atoms with E-state index < -0.39 is 6.04 Å². The van der Waals surface area contributed by atoms with Crippen molar-refractivity contribution in [3.63, 3.8) is 0 Å². The summed E-state index contributed by atoms with van der Waals surface area (Å²) in [6.07, 6.45) is 1.42. The predicted molar refractivity (Wildman–Crippen MR) is 140 cm³/mol. The van der Waals surface area contributed by atoms with Crippen LogP contribution >= 0.6 is 0 Å².